The molecule has 2 aliphatic heterocycles. The molecule has 2 fully saturated rings. The maximum absolute atomic E-state index is 11.3. The summed E-state index contributed by atoms with van der Waals surface area (Å²) in [4.78, 5) is 15.1. The van der Waals surface area contributed by atoms with Gasteiger partial charge in [-0.2, -0.15) is 0 Å². The van der Waals surface area contributed by atoms with Crippen molar-refractivity contribution in [3.8, 4) is 0 Å². The lowest BCUT2D eigenvalue weighted by Gasteiger charge is -2.09. The molecule has 1 atom stereocenters. The predicted octanol–water partition coefficient (Wildman–Crippen LogP) is 1.45. The van der Waals surface area contributed by atoms with E-state index in [-0.39, 0.29) is 6.10 Å². The van der Waals surface area contributed by atoms with E-state index >= 15 is 0 Å². The lowest BCUT2D eigenvalue weighted by Crippen LogP contribution is -2.21. The minimum absolute atomic E-state index is 0.102. The van der Waals surface area contributed by atoms with Crippen LogP contribution in [-0.4, -0.2) is 48.2 Å². The highest BCUT2D eigenvalue weighted by atomic mass is 16.6. The van der Waals surface area contributed by atoms with Gasteiger partial charge >= 0.3 is 6.09 Å². The third-order valence-corrected chi connectivity index (χ3v) is 2.70. The molecule has 0 bridgehead atoms. The fraction of sp³-hybridized carbons (Fsp3) is 0.667. The van der Waals surface area contributed by atoms with Crippen LogP contribution in [-0.2, 0) is 14.2 Å². The molecule has 1 aromatic heterocycles. The maximum atomic E-state index is 11.3. The Morgan fingerprint density at radius 1 is 1.28 bits per heavy atom. The topological polar surface area (TPSA) is 62.6 Å². The van der Waals surface area contributed by atoms with Crippen molar-refractivity contribution in [3.05, 3.63) is 18.7 Å². The zero-order valence-electron chi connectivity index (χ0n) is 10.3. The standard InChI is InChI=1S/C8H10N2O3.C4H8O/c11-8(10-3-2-9-6-10)13-7-1-4-12-5-7;1-2-4-5-3-1/h2-3,6-7H,1,4-5H2;1-4H2/t7-;/m1./s1. The SMILES string of the molecule is C1CCOC1.O=C(O[C@@H]1CCOC1)n1ccnc1. The number of nitrogens with zero attached hydrogens (tertiary/aromatic N) is 2. The highest BCUT2D eigenvalue weighted by Crippen LogP contribution is 2.09. The quantitative estimate of drug-likeness (QED) is 0.759. The third-order valence-electron chi connectivity index (χ3n) is 2.70. The Kier molecular flexibility index (Phi) is 5.16. The molecule has 2 aliphatic rings. The van der Waals surface area contributed by atoms with E-state index in [1.165, 1.54) is 29.9 Å². The zero-order valence-corrected chi connectivity index (χ0v) is 10.3. The van der Waals surface area contributed by atoms with Crippen LogP contribution < -0.4 is 0 Å². The van der Waals surface area contributed by atoms with Gasteiger partial charge in [-0.1, -0.05) is 0 Å². The van der Waals surface area contributed by atoms with Gasteiger partial charge in [-0.25, -0.2) is 14.3 Å². The van der Waals surface area contributed by atoms with Crippen LogP contribution in [0.1, 0.15) is 19.3 Å². The van der Waals surface area contributed by atoms with Crippen LogP contribution in [0, 0.1) is 0 Å². The highest BCUT2D eigenvalue weighted by molar-refractivity contribution is 5.70. The van der Waals surface area contributed by atoms with Crippen molar-refractivity contribution in [2.45, 2.75) is 25.4 Å². The van der Waals surface area contributed by atoms with E-state index in [0.29, 0.717) is 13.2 Å². The smallest absolute Gasteiger partial charge is 0.419 e. The number of aromatic nitrogens is 2. The first-order chi connectivity index (χ1) is 8.86. The molecule has 6 nitrogen and oxygen atoms in total. The summed E-state index contributed by atoms with van der Waals surface area (Å²) in [7, 11) is 0. The second kappa shape index (κ2) is 7.13. The number of hydrogen-bond acceptors (Lipinski definition) is 5. The number of rotatable bonds is 1. The fourth-order valence-corrected chi connectivity index (χ4v) is 1.69. The second-order valence-electron chi connectivity index (χ2n) is 4.16. The molecule has 2 saturated heterocycles. The Bertz CT molecular complexity index is 335. The molecule has 0 radical (unpaired) electrons. The van der Waals surface area contributed by atoms with Crippen molar-refractivity contribution < 1.29 is 19.0 Å². The van der Waals surface area contributed by atoms with Crippen LogP contribution in [0.25, 0.3) is 0 Å². The summed E-state index contributed by atoms with van der Waals surface area (Å²) in [5, 5.41) is 0. The lowest BCUT2D eigenvalue weighted by molar-refractivity contribution is 0.0841. The molecule has 0 spiro atoms. The van der Waals surface area contributed by atoms with E-state index < -0.39 is 6.09 Å². The fourth-order valence-electron chi connectivity index (χ4n) is 1.69. The van der Waals surface area contributed by atoms with Gasteiger partial charge in [-0.15, -0.1) is 0 Å². The zero-order chi connectivity index (χ0) is 12.6. The number of hydrogen-bond donors (Lipinski definition) is 0. The Labute approximate surface area is 106 Å². The molecule has 0 amide bonds. The molecule has 6 heteroatoms. The molecule has 3 rings (SSSR count). The van der Waals surface area contributed by atoms with E-state index in [2.05, 4.69) is 4.98 Å². The Balaban J connectivity index is 0.000000202. The summed E-state index contributed by atoms with van der Waals surface area (Å²) < 4.78 is 16.4. The molecule has 3 heterocycles. The average Bonchev–Trinajstić information content (AvgIpc) is 3.15. The van der Waals surface area contributed by atoms with E-state index in [1.807, 2.05) is 0 Å². The lowest BCUT2D eigenvalue weighted by atomic mass is 10.3. The number of imidazole rings is 1. The Hall–Kier alpha value is -1.40. The largest absolute Gasteiger partial charge is 0.443 e. The van der Waals surface area contributed by atoms with Crippen molar-refractivity contribution in [1.82, 2.24) is 9.55 Å². The van der Waals surface area contributed by atoms with Gasteiger partial charge < -0.3 is 14.2 Å². The van der Waals surface area contributed by atoms with Crippen molar-refractivity contribution in [3.63, 3.8) is 0 Å². The van der Waals surface area contributed by atoms with Gasteiger partial charge in [-0.05, 0) is 12.8 Å². The molecule has 0 saturated carbocycles. The molecule has 0 unspecified atom stereocenters. The van der Waals surface area contributed by atoms with Crippen LogP contribution >= 0.6 is 0 Å². The Morgan fingerprint density at radius 3 is 2.61 bits per heavy atom. The summed E-state index contributed by atoms with van der Waals surface area (Å²) in [5.41, 5.74) is 0. The summed E-state index contributed by atoms with van der Waals surface area (Å²) in [6.07, 6.45) is 7.34. The second-order valence-corrected chi connectivity index (χ2v) is 4.16. The molecular formula is C12H18N2O4. The van der Waals surface area contributed by atoms with Crippen LogP contribution in [0.4, 0.5) is 4.79 Å². The summed E-state index contributed by atoms with van der Waals surface area (Å²) in [5.74, 6) is 0. The van der Waals surface area contributed by atoms with Crippen LogP contribution in [0.3, 0.4) is 0 Å². The van der Waals surface area contributed by atoms with Gasteiger partial charge in [0.25, 0.3) is 0 Å². The van der Waals surface area contributed by atoms with Gasteiger partial charge in [0.2, 0.25) is 0 Å². The molecule has 0 N–H and O–H groups in total. The van der Waals surface area contributed by atoms with Crippen molar-refractivity contribution in [1.29, 1.82) is 0 Å². The number of carbonyl (C=O) groups excluding carboxylic acids is 1. The van der Waals surface area contributed by atoms with Gasteiger partial charge in [0.15, 0.2) is 0 Å². The van der Waals surface area contributed by atoms with E-state index in [4.69, 9.17) is 14.2 Å². The minimum Gasteiger partial charge on any atom is -0.443 e. The van der Waals surface area contributed by atoms with Crippen molar-refractivity contribution >= 4 is 6.09 Å². The first-order valence-corrected chi connectivity index (χ1v) is 6.20. The first kappa shape index (κ1) is 13.0. The van der Waals surface area contributed by atoms with Gasteiger partial charge in [0, 0.05) is 32.0 Å². The average molecular weight is 254 g/mol. The summed E-state index contributed by atoms with van der Waals surface area (Å²) >= 11 is 0. The van der Waals surface area contributed by atoms with E-state index in [0.717, 1.165) is 19.6 Å². The molecule has 100 valence electrons. The third kappa shape index (κ3) is 4.12. The minimum atomic E-state index is -0.395. The molecule has 0 aliphatic carbocycles. The van der Waals surface area contributed by atoms with Crippen LogP contribution in [0.2, 0.25) is 0 Å². The number of ether oxygens (including phenoxy) is 3. The van der Waals surface area contributed by atoms with E-state index in [1.54, 1.807) is 6.20 Å². The van der Waals surface area contributed by atoms with Gasteiger partial charge in [0.05, 0.1) is 13.2 Å². The predicted molar refractivity (Wildman–Crippen MR) is 63.4 cm³/mol. The molecule has 18 heavy (non-hydrogen) atoms. The van der Waals surface area contributed by atoms with Crippen LogP contribution in [0.15, 0.2) is 18.7 Å². The summed E-state index contributed by atoms with van der Waals surface area (Å²) in [6, 6.07) is 0. The van der Waals surface area contributed by atoms with Crippen molar-refractivity contribution in [2.75, 3.05) is 26.4 Å². The monoisotopic (exact) mass is 254 g/mol. The maximum Gasteiger partial charge on any atom is 0.419 e. The van der Waals surface area contributed by atoms with Gasteiger partial charge in [-0.3, -0.25) is 0 Å². The number of carbonyl (C=O) groups is 1. The molecule has 0 aromatic carbocycles. The normalized spacial score (nSPS) is 22.3. The summed E-state index contributed by atoms with van der Waals surface area (Å²) in [6.45, 7) is 3.17. The highest BCUT2D eigenvalue weighted by Gasteiger charge is 2.20. The van der Waals surface area contributed by atoms with Crippen LogP contribution in [0.5, 0.6) is 0 Å². The van der Waals surface area contributed by atoms with E-state index in [9.17, 15) is 4.79 Å². The Morgan fingerprint density at radius 2 is 2.11 bits per heavy atom. The first-order valence-electron chi connectivity index (χ1n) is 6.20. The van der Waals surface area contributed by atoms with Crippen molar-refractivity contribution in [2.24, 2.45) is 0 Å². The molecular weight excluding hydrogens is 236 g/mol. The molecule has 1 aromatic rings. The van der Waals surface area contributed by atoms with Gasteiger partial charge in [0.1, 0.15) is 12.4 Å².